The number of hydrogen-bond acceptors (Lipinski definition) is 6. The van der Waals surface area contributed by atoms with Crippen LogP contribution in [0.5, 0.6) is 11.5 Å². The zero-order valence-corrected chi connectivity index (χ0v) is 21.9. The lowest BCUT2D eigenvalue weighted by Crippen LogP contribution is -2.17. The molecule has 0 aliphatic heterocycles. The smallest absolute Gasteiger partial charge is 0.339 e. The molecule has 0 fully saturated rings. The fourth-order valence-electron chi connectivity index (χ4n) is 2.74. The molecule has 0 spiro atoms. The van der Waals surface area contributed by atoms with Gasteiger partial charge in [-0.15, -0.1) is 0 Å². The number of carbonyl (C=O) groups excluding carboxylic acids is 1. The van der Waals surface area contributed by atoms with Crippen molar-refractivity contribution >= 4 is 61.4 Å². The summed E-state index contributed by atoms with van der Waals surface area (Å²) in [5, 5.41) is 4.52. The first-order valence-electron chi connectivity index (χ1n) is 9.86. The van der Waals surface area contributed by atoms with Crippen LogP contribution in [-0.4, -0.2) is 27.1 Å². The number of halogens is 3. The van der Waals surface area contributed by atoms with Crippen LogP contribution >= 0.6 is 39.1 Å². The van der Waals surface area contributed by atoms with Crippen LogP contribution in [0.2, 0.25) is 10.0 Å². The van der Waals surface area contributed by atoms with Crippen molar-refractivity contribution in [2.45, 2.75) is 18.7 Å². The number of benzene rings is 3. The summed E-state index contributed by atoms with van der Waals surface area (Å²) in [5.74, 6) is -0.299. The molecule has 0 bridgehead atoms. The number of nitrogens with zero attached hydrogens (tertiary/aromatic N) is 1. The van der Waals surface area contributed by atoms with Gasteiger partial charge in [0.1, 0.15) is 4.90 Å². The molecule has 11 heteroatoms. The van der Waals surface area contributed by atoms with E-state index in [9.17, 15) is 13.2 Å². The number of hydrogen-bond donors (Lipinski definition) is 1. The number of nitrogens with one attached hydrogen (secondary N) is 1. The second-order valence-electron chi connectivity index (χ2n) is 6.94. The molecule has 0 aliphatic rings. The molecule has 0 aromatic heterocycles. The summed E-state index contributed by atoms with van der Waals surface area (Å²) in [5.41, 5.74) is 4.11. The van der Waals surface area contributed by atoms with Gasteiger partial charge in [-0.1, -0.05) is 40.9 Å². The Morgan fingerprint density at radius 3 is 2.44 bits per heavy atom. The highest BCUT2D eigenvalue weighted by Gasteiger charge is 2.22. The quantitative estimate of drug-likeness (QED) is 0.199. The Bertz CT molecular complexity index is 1350. The second-order valence-corrected chi connectivity index (χ2v) is 10.2. The minimum Gasteiger partial charge on any atom is -0.490 e. The maximum atomic E-state index is 12.7. The summed E-state index contributed by atoms with van der Waals surface area (Å²) in [6.45, 7) is 3.88. The molecule has 7 nitrogen and oxygen atoms in total. The molecule has 0 atom stereocenters. The summed E-state index contributed by atoms with van der Waals surface area (Å²) in [4.78, 5) is 12.3. The van der Waals surface area contributed by atoms with Crippen molar-refractivity contribution in [1.29, 1.82) is 0 Å². The van der Waals surface area contributed by atoms with E-state index < -0.39 is 16.0 Å². The zero-order chi connectivity index (χ0) is 24.9. The summed E-state index contributed by atoms with van der Waals surface area (Å²) in [6, 6.07) is 13.9. The van der Waals surface area contributed by atoms with E-state index in [1.54, 1.807) is 31.2 Å². The van der Waals surface area contributed by atoms with Crippen molar-refractivity contribution in [3.8, 4) is 11.5 Å². The number of aryl methyl sites for hydroxylation is 1. The Labute approximate surface area is 215 Å². The van der Waals surface area contributed by atoms with Crippen LogP contribution in [0.25, 0.3) is 0 Å². The van der Waals surface area contributed by atoms with Crippen molar-refractivity contribution < 1.29 is 22.1 Å². The monoisotopic (exact) mass is 584 g/mol. The van der Waals surface area contributed by atoms with Gasteiger partial charge in [0.05, 0.1) is 27.3 Å². The van der Waals surface area contributed by atoms with Gasteiger partial charge in [-0.05, 0) is 77.8 Å². The topological polar surface area (TPSA) is 94.1 Å². The third kappa shape index (κ3) is 6.50. The van der Waals surface area contributed by atoms with Crippen LogP contribution in [0.1, 0.15) is 28.4 Å². The van der Waals surface area contributed by atoms with Gasteiger partial charge >= 0.3 is 10.1 Å². The molecule has 3 aromatic rings. The first kappa shape index (κ1) is 26.0. The number of carbonyl (C=O) groups is 1. The van der Waals surface area contributed by atoms with Gasteiger partial charge in [0.15, 0.2) is 11.5 Å². The summed E-state index contributed by atoms with van der Waals surface area (Å²) >= 11 is 15.1. The van der Waals surface area contributed by atoms with Crippen molar-refractivity contribution in [2.75, 3.05) is 6.61 Å². The molecule has 1 amide bonds. The Hall–Kier alpha value is -2.59. The summed E-state index contributed by atoms with van der Waals surface area (Å²) in [6.07, 6.45) is 1.38. The van der Waals surface area contributed by atoms with Gasteiger partial charge in [0.25, 0.3) is 5.91 Å². The normalized spacial score (nSPS) is 11.4. The van der Waals surface area contributed by atoms with Gasteiger partial charge < -0.3 is 8.92 Å². The van der Waals surface area contributed by atoms with E-state index in [1.807, 2.05) is 6.92 Å². The van der Waals surface area contributed by atoms with Gasteiger partial charge in [0, 0.05) is 5.56 Å². The average Bonchev–Trinajstić information content (AvgIpc) is 2.78. The molecule has 34 heavy (non-hydrogen) atoms. The van der Waals surface area contributed by atoms with E-state index in [4.69, 9.17) is 32.1 Å². The average molecular weight is 586 g/mol. The predicted octanol–water partition coefficient (Wildman–Crippen LogP) is 5.99. The largest absolute Gasteiger partial charge is 0.490 e. The summed E-state index contributed by atoms with van der Waals surface area (Å²) < 4.78 is 36.8. The fraction of sp³-hybridized carbons (Fsp3) is 0.130. The van der Waals surface area contributed by atoms with Crippen molar-refractivity contribution in [1.82, 2.24) is 5.43 Å². The Balaban J connectivity index is 1.82. The number of amides is 1. The molecule has 0 heterocycles. The van der Waals surface area contributed by atoms with Gasteiger partial charge in [-0.25, -0.2) is 5.43 Å². The third-order valence-corrected chi connectivity index (χ3v) is 6.96. The van der Waals surface area contributed by atoms with Crippen molar-refractivity contribution in [2.24, 2.45) is 5.10 Å². The molecular weight excluding hydrogens is 567 g/mol. The highest BCUT2D eigenvalue weighted by atomic mass is 79.9. The van der Waals surface area contributed by atoms with E-state index >= 15 is 0 Å². The molecule has 0 aliphatic carbocycles. The molecule has 3 aromatic carbocycles. The van der Waals surface area contributed by atoms with E-state index in [0.29, 0.717) is 15.1 Å². The van der Waals surface area contributed by atoms with Gasteiger partial charge in [-0.3, -0.25) is 4.79 Å². The fourth-order valence-corrected chi connectivity index (χ4v) is 4.64. The van der Waals surface area contributed by atoms with Gasteiger partial charge in [-0.2, -0.15) is 13.5 Å². The van der Waals surface area contributed by atoms with E-state index in [-0.39, 0.29) is 33.6 Å². The van der Waals surface area contributed by atoms with E-state index in [0.717, 1.165) is 5.56 Å². The van der Waals surface area contributed by atoms with E-state index in [1.165, 1.54) is 36.5 Å². The van der Waals surface area contributed by atoms with Crippen LogP contribution in [0.15, 0.2) is 69.1 Å². The standard InChI is InChI=1S/C23H19BrCl2N2O5S/c1-3-32-21-11-15(13-27-28-23(29)16-6-9-19(25)20(26)12-16)10-18(24)22(21)33-34(30,31)17-7-4-14(2)5-8-17/h4-13H,3H2,1-2H3,(H,28,29)/b27-13-. The number of hydrazone groups is 1. The van der Waals surface area contributed by atoms with Crippen LogP contribution in [-0.2, 0) is 10.1 Å². The Morgan fingerprint density at radius 1 is 1.09 bits per heavy atom. The van der Waals surface area contributed by atoms with Crippen LogP contribution in [0.4, 0.5) is 0 Å². The first-order valence-corrected chi connectivity index (χ1v) is 12.8. The minimum atomic E-state index is -4.09. The van der Waals surface area contributed by atoms with Crippen LogP contribution in [0, 0.1) is 6.92 Å². The SMILES string of the molecule is CCOc1cc(/C=N\NC(=O)c2ccc(Cl)c(Cl)c2)cc(Br)c1OS(=O)(=O)c1ccc(C)cc1. The van der Waals surface area contributed by atoms with Crippen LogP contribution < -0.4 is 14.3 Å². The number of ether oxygens (including phenoxy) is 1. The first-order chi connectivity index (χ1) is 16.1. The van der Waals surface area contributed by atoms with E-state index in [2.05, 4.69) is 26.5 Å². The molecule has 0 saturated carbocycles. The number of rotatable bonds is 8. The molecule has 3 rings (SSSR count). The minimum absolute atomic E-state index is 0.000540. The zero-order valence-electron chi connectivity index (χ0n) is 18.0. The van der Waals surface area contributed by atoms with Crippen molar-refractivity contribution in [3.63, 3.8) is 0 Å². The Morgan fingerprint density at radius 2 is 1.79 bits per heavy atom. The lowest BCUT2D eigenvalue weighted by atomic mass is 10.2. The molecule has 0 radical (unpaired) electrons. The molecule has 0 saturated heterocycles. The Kier molecular flexibility index (Phi) is 8.59. The maximum absolute atomic E-state index is 12.7. The summed E-state index contributed by atoms with van der Waals surface area (Å²) in [7, 11) is -4.09. The molecule has 0 unspecified atom stereocenters. The van der Waals surface area contributed by atoms with Crippen LogP contribution in [0.3, 0.4) is 0 Å². The lowest BCUT2D eigenvalue weighted by Gasteiger charge is -2.14. The maximum Gasteiger partial charge on any atom is 0.339 e. The molecular formula is C23H19BrCl2N2O5S. The highest BCUT2D eigenvalue weighted by Crippen LogP contribution is 2.38. The predicted molar refractivity (Wildman–Crippen MR) is 136 cm³/mol. The highest BCUT2D eigenvalue weighted by molar-refractivity contribution is 9.10. The van der Waals surface area contributed by atoms with Crippen molar-refractivity contribution in [3.05, 3.63) is 85.8 Å². The van der Waals surface area contributed by atoms with Gasteiger partial charge in [0.2, 0.25) is 0 Å². The second kappa shape index (κ2) is 11.2. The third-order valence-electron chi connectivity index (χ3n) is 4.40. The lowest BCUT2D eigenvalue weighted by molar-refractivity contribution is 0.0955. The molecule has 178 valence electrons. The molecule has 1 N–H and O–H groups in total.